The highest BCUT2D eigenvalue weighted by Gasteiger charge is 2.01. The molecule has 0 bridgehead atoms. The van der Waals surface area contributed by atoms with Gasteiger partial charge in [0, 0.05) is 5.56 Å². The van der Waals surface area contributed by atoms with Crippen LogP contribution < -0.4 is 5.73 Å². The van der Waals surface area contributed by atoms with E-state index in [9.17, 15) is 4.79 Å². The molecule has 0 aliphatic rings. The number of rotatable bonds is 4. The Balaban J connectivity index is 2.23. The summed E-state index contributed by atoms with van der Waals surface area (Å²) in [5.74, 6) is -0.393. The Morgan fingerprint density at radius 2 is 1.50 bits per heavy atom. The molecule has 0 heterocycles. The monoisotopic (exact) mass is 238 g/mol. The van der Waals surface area contributed by atoms with Gasteiger partial charge < -0.3 is 5.73 Å². The number of carbonyl (C=O) groups excluding carboxylic acids is 1. The minimum atomic E-state index is -0.393. The zero-order chi connectivity index (χ0) is 13.0. The first-order valence-corrected chi connectivity index (χ1v) is 5.97. The first-order chi connectivity index (χ1) is 8.70. The number of carbonyl (C=O) groups is 1. The lowest BCUT2D eigenvalue weighted by molar-refractivity contribution is 0.100. The Hall–Kier alpha value is -2.09. The fraction of sp³-hybridized carbons (Fsp3) is 0.125. The van der Waals surface area contributed by atoms with E-state index in [4.69, 9.17) is 5.73 Å². The van der Waals surface area contributed by atoms with E-state index in [0.29, 0.717) is 5.56 Å². The molecule has 2 N–H and O–H groups in total. The molecular weight excluding hydrogens is 222 g/mol. The average Bonchev–Trinajstić information content (AvgIpc) is 2.40. The van der Waals surface area contributed by atoms with Crippen molar-refractivity contribution in [2.45, 2.75) is 13.3 Å². The third-order valence-electron chi connectivity index (χ3n) is 2.90. The molecule has 2 nitrogen and oxygen atoms in total. The van der Waals surface area contributed by atoms with E-state index >= 15 is 0 Å². The molecule has 0 saturated carbocycles. The standard InChI is InChI=1S/C16H16NO/c1-2-3-12-4-6-13(7-5-12)14-8-10-15(11-9-14)16(17)18/h2,4-11H,3H2,1H3,(H2,17,18). The van der Waals surface area contributed by atoms with Crippen molar-refractivity contribution in [2.75, 3.05) is 0 Å². The Bertz CT molecular complexity index is 526. The summed E-state index contributed by atoms with van der Waals surface area (Å²) in [6, 6.07) is 15.8. The topological polar surface area (TPSA) is 43.1 Å². The molecular formula is C16H16NO. The van der Waals surface area contributed by atoms with Crippen molar-refractivity contribution in [1.29, 1.82) is 0 Å². The van der Waals surface area contributed by atoms with Gasteiger partial charge in [-0.15, -0.1) is 0 Å². The van der Waals surface area contributed by atoms with Gasteiger partial charge in [-0.25, -0.2) is 0 Å². The van der Waals surface area contributed by atoms with Crippen LogP contribution in [0.5, 0.6) is 0 Å². The van der Waals surface area contributed by atoms with Crippen molar-refractivity contribution < 1.29 is 4.79 Å². The van der Waals surface area contributed by atoms with Crippen LogP contribution in [0.4, 0.5) is 0 Å². The third-order valence-corrected chi connectivity index (χ3v) is 2.90. The van der Waals surface area contributed by atoms with Gasteiger partial charge >= 0.3 is 0 Å². The lowest BCUT2D eigenvalue weighted by Crippen LogP contribution is -2.10. The molecule has 0 saturated heterocycles. The van der Waals surface area contributed by atoms with Gasteiger partial charge in [0.25, 0.3) is 0 Å². The van der Waals surface area contributed by atoms with E-state index in [1.165, 1.54) is 5.56 Å². The Morgan fingerprint density at radius 1 is 1.00 bits per heavy atom. The van der Waals surface area contributed by atoms with E-state index in [2.05, 4.69) is 37.6 Å². The summed E-state index contributed by atoms with van der Waals surface area (Å²) in [6.07, 6.45) is 3.12. The number of primary amides is 1. The van der Waals surface area contributed by atoms with Crippen molar-refractivity contribution in [3.05, 3.63) is 66.1 Å². The SMILES string of the molecule is C[CH]Cc1ccc(-c2ccc(C(N)=O)cc2)cc1. The molecule has 0 unspecified atom stereocenters. The molecule has 1 amide bonds. The highest BCUT2D eigenvalue weighted by Crippen LogP contribution is 2.20. The van der Waals surface area contributed by atoms with Gasteiger partial charge in [-0.3, -0.25) is 4.79 Å². The van der Waals surface area contributed by atoms with Crippen LogP contribution >= 0.6 is 0 Å². The minimum absolute atomic E-state index is 0.393. The molecule has 91 valence electrons. The van der Waals surface area contributed by atoms with Crippen molar-refractivity contribution in [2.24, 2.45) is 5.73 Å². The summed E-state index contributed by atoms with van der Waals surface area (Å²) in [5, 5.41) is 0. The van der Waals surface area contributed by atoms with Gasteiger partial charge in [0.2, 0.25) is 5.91 Å². The van der Waals surface area contributed by atoms with Crippen LogP contribution in [-0.4, -0.2) is 5.91 Å². The van der Waals surface area contributed by atoms with E-state index in [0.717, 1.165) is 17.5 Å². The van der Waals surface area contributed by atoms with Crippen LogP contribution in [0.2, 0.25) is 0 Å². The molecule has 0 fully saturated rings. The quantitative estimate of drug-likeness (QED) is 0.873. The highest BCUT2D eigenvalue weighted by molar-refractivity contribution is 5.93. The molecule has 0 spiro atoms. The van der Waals surface area contributed by atoms with Gasteiger partial charge in [-0.1, -0.05) is 43.3 Å². The fourth-order valence-corrected chi connectivity index (χ4v) is 1.90. The molecule has 2 heteroatoms. The molecule has 18 heavy (non-hydrogen) atoms. The Morgan fingerprint density at radius 3 is 1.94 bits per heavy atom. The summed E-state index contributed by atoms with van der Waals surface area (Å²) in [5.41, 5.74) is 9.29. The first-order valence-electron chi connectivity index (χ1n) is 5.97. The van der Waals surface area contributed by atoms with Gasteiger partial charge in [-0.05, 0) is 41.7 Å². The zero-order valence-corrected chi connectivity index (χ0v) is 10.4. The first kappa shape index (κ1) is 12.4. The van der Waals surface area contributed by atoms with Gasteiger partial charge in [0.15, 0.2) is 0 Å². The van der Waals surface area contributed by atoms with Crippen molar-refractivity contribution >= 4 is 5.91 Å². The third kappa shape index (κ3) is 2.77. The molecule has 0 aliphatic heterocycles. The molecule has 1 radical (unpaired) electrons. The predicted molar refractivity (Wildman–Crippen MR) is 74.1 cm³/mol. The van der Waals surface area contributed by atoms with E-state index in [-0.39, 0.29) is 0 Å². The van der Waals surface area contributed by atoms with Gasteiger partial charge in [0.05, 0.1) is 0 Å². The van der Waals surface area contributed by atoms with Crippen LogP contribution in [-0.2, 0) is 6.42 Å². The van der Waals surface area contributed by atoms with Crippen LogP contribution in [0.3, 0.4) is 0 Å². The van der Waals surface area contributed by atoms with Crippen LogP contribution in [0.25, 0.3) is 11.1 Å². The molecule has 0 aromatic heterocycles. The maximum atomic E-state index is 11.0. The average molecular weight is 238 g/mol. The lowest BCUT2D eigenvalue weighted by atomic mass is 10.0. The summed E-state index contributed by atoms with van der Waals surface area (Å²) in [6.45, 7) is 2.05. The summed E-state index contributed by atoms with van der Waals surface area (Å²) >= 11 is 0. The van der Waals surface area contributed by atoms with Crippen LogP contribution in [0.15, 0.2) is 48.5 Å². The predicted octanol–water partition coefficient (Wildman–Crippen LogP) is 3.22. The molecule has 0 aliphatic carbocycles. The second-order valence-corrected chi connectivity index (χ2v) is 4.25. The number of nitrogens with two attached hydrogens (primary N) is 1. The van der Waals surface area contributed by atoms with Gasteiger partial charge in [0.1, 0.15) is 0 Å². The smallest absolute Gasteiger partial charge is 0.248 e. The molecule has 2 aromatic rings. The minimum Gasteiger partial charge on any atom is -0.366 e. The van der Waals surface area contributed by atoms with Crippen molar-refractivity contribution in [3.8, 4) is 11.1 Å². The number of benzene rings is 2. The number of hydrogen-bond donors (Lipinski definition) is 1. The van der Waals surface area contributed by atoms with Gasteiger partial charge in [-0.2, -0.15) is 0 Å². The normalized spacial score (nSPS) is 10.3. The lowest BCUT2D eigenvalue weighted by Gasteiger charge is -2.04. The second-order valence-electron chi connectivity index (χ2n) is 4.25. The van der Waals surface area contributed by atoms with Crippen LogP contribution in [0.1, 0.15) is 22.8 Å². The van der Waals surface area contributed by atoms with Crippen molar-refractivity contribution in [1.82, 2.24) is 0 Å². The maximum absolute atomic E-state index is 11.0. The largest absolute Gasteiger partial charge is 0.366 e. The molecule has 2 rings (SSSR count). The summed E-state index contributed by atoms with van der Waals surface area (Å²) in [4.78, 5) is 11.0. The van der Waals surface area contributed by atoms with Crippen molar-refractivity contribution in [3.63, 3.8) is 0 Å². The van der Waals surface area contributed by atoms with E-state index < -0.39 is 5.91 Å². The van der Waals surface area contributed by atoms with Crippen LogP contribution in [0, 0.1) is 6.42 Å². The highest BCUT2D eigenvalue weighted by atomic mass is 16.1. The fourth-order valence-electron chi connectivity index (χ4n) is 1.90. The van der Waals surface area contributed by atoms with E-state index in [1.807, 2.05) is 12.1 Å². The Labute approximate surface area is 107 Å². The van der Waals surface area contributed by atoms with E-state index in [1.54, 1.807) is 12.1 Å². The molecule has 0 atom stereocenters. The number of hydrogen-bond acceptors (Lipinski definition) is 1. The summed E-state index contributed by atoms with van der Waals surface area (Å²) < 4.78 is 0. The Kier molecular flexibility index (Phi) is 3.78. The molecule has 2 aromatic carbocycles. The number of amides is 1. The maximum Gasteiger partial charge on any atom is 0.248 e. The second kappa shape index (κ2) is 5.50. The zero-order valence-electron chi connectivity index (χ0n) is 10.4. The summed E-state index contributed by atoms with van der Waals surface area (Å²) in [7, 11) is 0.